The summed E-state index contributed by atoms with van der Waals surface area (Å²) in [7, 11) is 0. The maximum Gasteiger partial charge on any atom is 0.0467 e. The van der Waals surface area contributed by atoms with E-state index in [2.05, 4.69) is 124 Å². The van der Waals surface area contributed by atoms with E-state index in [-0.39, 0.29) is 0 Å². The van der Waals surface area contributed by atoms with Gasteiger partial charge in [0.2, 0.25) is 0 Å². The summed E-state index contributed by atoms with van der Waals surface area (Å²) in [6, 6.07) is 26.4. The summed E-state index contributed by atoms with van der Waals surface area (Å²) in [6.07, 6.45) is 9.90. The van der Waals surface area contributed by atoms with Crippen molar-refractivity contribution in [2.45, 2.75) is 37.5 Å². The molecule has 4 rings (SSSR count). The Morgan fingerprint density at radius 3 is 1.29 bits per heavy atom. The van der Waals surface area contributed by atoms with Gasteiger partial charge >= 0.3 is 0 Å². The zero-order chi connectivity index (χ0) is 25.1. The number of terminal acetylenes is 1. The molecule has 0 N–H and O–H groups in total. The van der Waals surface area contributed by atoms with Gasteiger partial charge in [-0.2, -0.15) is 0 Å². The first-order chi connectivity index (χ1) is 16.9. The van der Waals surface area contributed by atoms with Gasteiger partial charge in [-0.05, 0) is 146 Å². The Kier molecular flexibility index (Phi) is 7.65. The number of nitrogens with zero attached hydrogens (tertiary/aromatic N) is 1. The number of hydrogen-bond donors (Lipinski definition) is 0. The quantitative estimate of drug-likeness (QED) is 0.194. The zero-order valence-electron chi connectivity index (χ0n) is 21.3. The van der Waals surface area contributed by atoms with Gasteiger partial charge in [0.15, 0.2) is 0 Å². The van der Waals surface area contributed by atoms with Crippen LogP contribution in [0.15, 0.2) is 82.6 Å². The van der Waals surface area contributed by atoms with Crippen LogP contribution in [-0.4, -0.2) is 12.5 Å². The van der Waals surface area contributed by atoms with E-state index in [1.165, 1.54) is 43.2 Å². The van der Waals surface area contributed by atoms with Gasteiger partial charge in [0, 0.05) is 32.4 Å². The molecule has 4 aromatic carbocycles. The van der Waals surface area contributed by atoms with Crippen LogP contribution in [0.1, 0.15) is 27.8 Å². The summed E-state index contributed by atoms with van der Waals surface area (Å²) >= 11 is 3.52. The van der Waals surface area contributed by atoms with Gasteiger partial charge in [-0.3, -0.25) is 0 Å². The second-order valence-electron chi connectivity index (χ2n) is 8.82. The third-order valence-electron chi connectivity index (χ3n) is 6.39. The molecule has 3 heteroatoms. The highest BCUT2D eigenvalue weighted by molar-refractivity contribution is 7.98. The lowest BCUT2D eigenvalue weighted by Gasteiger charge is -2.28. The van der Waals surface area contributed by atoms with Gasteiger partial charge in [0.25, 0.3) is 0 Å². The van der Waals surface area contributed by atoms with E-state index in [4.69, 9.17) is 6.42 Å². The third-order valence-corrected chi connectivity index (χ3v) is 7.87. The van der Waals surface area contributed by atoms with Crippen LogP contribution in [0.5, 0.6) is 0 Å². The SMILES string of the molecule is C#Cc1cc(C)c(-c2c(C)cc(N(c3ccc(SC)cc3)c3ccc(SC)cc3)cc2C)c(C)c1. The first-order valence-corrected chi connectivity index (χ1v) is 14.1. The smallest absolute Gasteiger partial charge is 0.0467 e. The number of aryl methyl sites for hydroxylation is 4. The van der Waals surface area contributed by atoms with E-state index < -0.39 is 0 Å². The fourth-order valence-corrected chi connectivity index (χ4v) is 5.63. The maximum absolute atomic E-state index is 5.68. The molecule has 1 nitrogen and oxygen atoms in total. The molecule has 0 atom stereocenters. The Morgan fingerprint density at radius 1 is 0.571 bits per heavy atom. The highest BCUT2D eigenvalue weighted by Gasteiger charge is 2.18. The van der Waals surface area contributed by atoms with Crippen molar-refractivity contribution < 1.29 is 0 Å². The maximum atomic E-state index is 5.68. The minimum absolute atomic E-state index is 0.934. The molecule has 0 aromatic heterocycles. The second-order valence-corrected chi connectivity index (χ2v) is 10.6. The summed E-state index contributed by atoms with van der Waals surface area (Å²) in [4.78, 5) is 4.87. The van der Waals surface area contributed by atoms with Crippen LogP contribution in [0, 0.1) is 40.0 Å². The van der Waals surface area contributed by atoms with Crippen molar-refractivity contribution in [2.24, 2.45) is 0 Å². The molecule has 0 aliphatic rings. The normalized spacial score (nSPS) is 10.8. The lowest BCUT2D eigenvalue weighted by Crippen LogP contribution is -2.11. The molecule has 4 aromatic rings. The standard InChI is InChI=1S/C32H31NS2/c1-8-25-17-21(2)31(22(3)18-25)32-23(4)19-28(20-24(32)5)33(26-9-13-29(34-6)14-10-26)27-11-15-30(35-7)16-12-27/h1,9-20H,2-7H3. The molecule has 0 saturated heterocycles. The van der Waals surface area contributed by atoms with Crippen molar-refractivity contribution in [2.75, 3.05) is 17.4 Å². The summed E-state index contributed by atoms with van der Waals surface area (Å²) in [5, 5.41) is 0. The molecule has 0 radical (unpaired) electrons. The Balaban J connectivity index is 1.88. The second kappa shape index (κ2) is 10.7. The summed E-state index contributed by atoms with van der Waals surface area (Å²) in [5.41, 5.74) is 11.9. The fraction of sp³-hybridized carbons (Fsp3) is 0.188. The minimum Gasteiger partial charge on any atom is -0.310 e. The summed E-state index contributed by atoms with van der Waals surface area (Å²) in [6.45, 7) is 8.74. The molecule has 176 valence electrons. The number of hydrogen-bond acceptors (Lipinski definition) is 3. The van der Waals surface area contributed by atoms with Gasteiger partial charge in [-0.25, -0.2) is 0 Å². The third kappa shape index (κ3) is 5.15. The monoisotopic (exact) mass is 493 g/mol. The Labute approximate surface area is 219 Å². The first kappa shape index (κ1) is 25.0. The molecule has 35 heavy (non-hydrogen) atoms. The van der Waals surface area contributed by atoms with Crippen LogP contribution in [0.25, 0.3) is 11.1 Å². The molecule has 0 spiro atoms. The van der Waals surface area contributed by atoms with Gasteiger partial charge in [-0.1, -0.05) is 5.92 Å². The summed E-state index contributed by atoms with van der Waals surface area (Å²) < 4.78 is 0. The number of rotatable bonds is 6. The van der Waals surface area contributed by atoms with E-state index in [1.54, 1.807) is 23.5 Å². The molecule has 0 saturated carbocycles. The fourth-order valence-electron chi connectivity index (χ4n) is 4.82. The van der Waals surface area contributed by atoms with Crippen molar-refractivity contribution in [1.82, 2.24) is 0 Å². The van der Waals surface area contributed by atoms with Crippen molar-refractivity contribution in [1.29, 1.82) is 0 Å². The Bertz CT molecular complexity index is 1300. The van der Waals surface area contributed by atoms with Crippen LogP contribution in [0.2, 0.25) is 0 Å². The predicted octanol–water partition coefficient (Wildman–Crippen LogP) is 9.48. The van der Waals surface area contributed by atoms with E-state index in [0.717, 1.165) is 22.6 Å². The van der Waals surface area contributed by atoms with Crippen LogP contribution in [0.3, 0.4) is 0 Å². The molecule has 0 heterocycles. The lowest BCUT2D eigenvalue weighted by molar-refractivity contribution is 1.23. The zero-order valence-corrected chi connectivity index (χ0v) is 22.9. The summed E-state index contributed by atoms with van der Waals surface area (Å²) in [5.74, 6) is 2.78. The highest BCUT2D eigenvalue weighted by Crippen LogP contribution is 2.41. The molecule has 0 aliphatic carbocycles. The predicted molar refractivity (Wildman–Crippen MR) is 157 cm³/mol. The minimum atomic E-state index is 0.934. The number of benzene rings is 4. The van der Waals surface area contributed by atoms with Gasteiger partial charge < -0.3 is 4.90 Å². The largest absolute Gasteiger partial charge is 0.310 e. The average molecular weight is 494 g/mol. The van der Waals surface area contributed by atoms with E-state index in [1.807, 2.05) is 0 Å². The van der Waals surface area contributed by atoms with Gasteiger partial charge in [0.05, 0.1) is 0 Å². The van der Waals surface area contributed by atoms with E-state index >= 15 is 0 Å². The van der Waals surface area contributed by atoms with Gasteiger partial charge in [-0.15, -0.1) is 29.9 Å². The van der Waals surface area contributed by atoms with E-state index in [9.17, 15) is 0 Å². The van der Waals surface area contributed by atoms with Crippen LogP contribution < -0.4 is 4.90 Å². The lowest BCUT2D eigenvalue weighted by atomic mass is 9.88. The van der Waals surface area contributed by atoms with E-state index in [0.29, 0.717) is 0 Å². The molecule has 0 amide bonds. The molecular weight excluding hydrogens is 462 g/mol. The molecule has 0 unspecified atom stereocenters. The van der Waals surface area contributed by atoms with Crippen LogP contribution in [0.4, 0.5) is 17.1 Å². The molecule has 0 fully saturated rings. The topological polar surface area (TPSA) is 3.24 Å². The Morgan fingerprint density at radius 2 is 0.943 bits per heavy atom. The van der Waals surface area contributed by atoms with Crippen molar-refractivity contribution in [3.05, 3.63) is 101 Å². The Hall–Kier alpha value is -3.06. The van der Waals surface area contributed by atoms with Crippen LogP contribution in [-0.2, 0) is 0 Å². The number of anilines is 3. The molecule has 0 aliphatic heterocycles. The van der Waals surface area contributed by atoms with Crippen molar-refractivity contribution in [3.63, 3.8) is 0 Å². The first-order valence-electron chi connectivity index (χ1n) is 11.6. The number of thioether (sulfide) groups is 2. The van der Waals surface area contributed by atoms with Crippen molar-refractivity contribution >= 4 is 40.6 Å². The average Bonchev–Trinajstić information content (AvgIpc) is 2.86. The molecular formula is C32H31NS2. The van der Waals surface area contributed by atoms with Crippen LogP contribution >= 0.6 is 23.5 Å². The molecule has 0 bridgehead atoms. The highest BCUT2D eigenvalue weighted by atomic mass is 32.2. The van der Waals surface area contributed by atoms with Crippen molar-refractivity contribution in [3.8, 4) is 23.5 Å². The van der Waals surface area contributed by atoms with Gasteiger partial charge in [0.1, 0.15) is 0 Å².